The van der Waals surface area contributed by atoms with Crippen LogP contribution in [0.1, 0.15) is 35.2 Å². The molecule has 1 fully saturated rings. The Kier molecular flexibility index (Phi) is 8.11. The van der Waals surface area contributed by atoms with Gasteiger partial charge < -0.3 is 9.64 Å². The number of anilines is 1. The van der Waals surface area contributed by atoms with E-state index in [1.54, 1.807) is 41.9 Å². The molecule has 2 aromatic carbocycles. The SMILES string of the molecule is O=C(c1ccc(Cl)cc1)c1ccc(OCCCCCN2CCN(c3ncnc4sccc34)CC2)cc1. The number of unbranched alkanes of at least 4 members (excludes halogenated alkanes) is 2. The van der Waals surface area contributed by atoms with E-state index in [-0.39, 0.29) is 5.78 Å². The van der Waals surface area contributed by atoms with Crippen molar-refractivity contribution in [2.24, 2.45) is 0 Å². The molecule has 186 valence electrons. The third-order valence-corrected chi connectivity index (χ3v) is 7.60. The molecule has 5 rings (SSSR count). The third-order valence-electron chi connectivity index (χ3n) is 6.52. The molecule has 0 atom stereocenters. The number of halogens is 1. The second-order valence-corrected chi connectivity index (χ2v) is 10.3. The van der Waals surface area contributed by atoms with Gasteiger partial charge in [0.2, 0.25) is 0 Å². The Balaban J connectivity index is 0.981. The summed E-state index contributed by atoms with van der Waals surface area (Å²) in [5.41, 5.74) is 1.27. The van der Waals surface area contributed by atoms with Crippen molar-refractivity contribution in [1.29, 1.82) is 0 Å². The van der Waals surface area contributed by atoms with Crippen molar-refractivity contribution in [3.05, 3.63) is 82.5 Å². The van der Waals surface area contributed by atoms with Crippen molar-refractivity contribution in [3.8, 4) is 5.75 Å². The lowest BCUT2D eigenvalue weighted by atomic mass is 10.0. The molecule has 1 aliphatic rings. The topological polar surface area (TPSA) is 58.6 Å². The maximum Gasteiger partial charge on any atom is 0.193 e. The van der Waals surface area contributed by atoms with E-state index in [0.717, 1.165) is 62.0 Å². The lowest BCUT2D eigenvalue weighted by Gasteiger charge is -2.35. The van der Waals surface area contributed by atoms with E-state index in [0.29, 0.717) is 22.8 Å². The van der Waals surface area contributed by atoms with E-state index in [2.05, 4.69) is 31.2 Å². The lowest BCUT2D eigenvalue weighted by molar-refractivity contribution is 0.103. The van der Waals surface area contributed by atoms with Crippen molar-refractivity contribution in [2.45, 2.75) is 19.3 Å². The molecule has 4 aromatic rings. The molecule has 6 nitrogen and oxygen atoms in total. The number of carbonyl (C=O) groups excluding carboxylic acids is 1. The minimum atomic E-state index is -0.0177. The Labute approximate surface area is 220 Å². The number of fused-ring (bicyclic) bond motifs is 1. The second kappa shape index (κ2) is 11.8. The van der Waals surface area contributed by atoms with Gasteiger partial charge in [0, 0.05) is 42.3 Å². The summed E-state index contributed by atoms with van der Waals surface area (Å²) in [5.74, 6) is 1.85. The van der Waals surface area contributed by atoms with Crippen LogP contribution in [0.3, 0.4) is 0 Å². The minimum absolute atomic E-state index is 0.0177. The summed E-state index contributed by atoms with van der Waals surface area (Å²) >= 11 is 7.57. The number of hydrogen-bond donors (Lipinski definition) is 0. The normalized spacial score (nSPS) is 14.3. The summed E-state index contributed by atoms with van der Waals surface area (Å²) in [4.78, 5) is 27.5. The number of hydrogen-bond acceptors (Lipinski definition) is 7. The number of thiophene rings is 1. The predicted molar refractivity (Wildman–Crippen MR) is 147 cm³/mol. The summed E-state index contributed by atoms with van der Waals surface area (Å²) < 4.78 is 5.89. The van der Waals surface area contributed by atoms with Gasteiger partial charge in [-0.25, -0.2) is 9.97 Å². The maximum atomic E-state index is 12.6. The lowest BCUT2D eigenvalue weighted by Crippen LogP contribution is -2.47. The molecule has 36 heavy (non-hydrogen) atoms. The fourth-order valence-corrected chi connectivity index (χ4v) is 5.34. The van der Waals surface area contributed by atoms with Crippen LogP contribution in [0.2, 0.25) is 5.02 Å². The smallest absolute Gasteiger partial charge is 0.193 e. The molecule has 0 radical (unpaired) electrons. The van der Waals surface area contributed by atoms with Gasteiger partial charge >= 0.3 is 0 Å². The number of piperazine rings is 1. The molecular formula is C28H29ClN4O2S. The first kappa shape index (κ1) is 24.7. The van der Waals surface area contributed by atoms with Crippen LogP contribution in [-0.4, -0.2) is 60.0 Å². The van der Waals surface area contributed by atoms with Crippen molar-refractivity contribution in [1.82, 2.24) is 14.9 Å². The first-order chi connectivity index (χ1) is 17.7. The van der Waals surface area contributed by atoms with Gasteiger partial charge in [0.1, 0.15) is 22.7 Å². The molecule has 0 bridgehead atoms. The highest BCUT2D eigenvalue weighted by Gasteiger charge is 2.19. The van der Waals surface area contributed by atoms with Crippen LogP contribution in [0.4, 0.5) is 5.82 Å². The Morgan fingerprint density at radius 2 is 1.61 bits per heavy atom. The summed E-state index contributed by atoms with van der Waals surface area (Å²) in [6, 6.07) is 16.4. The molecule has 0 N–H and O–H groups in total. The molecule has 0 spiro atoms. The standard InChI is InChI=1S/C28H29ClN4O2S/c29-23-8-4-21(5-9-23)26(34)22-6-10-24(11-7-22)35-18-3-1-2-13-32-14-16-33(17-15-32)27-25-12-19-36-28(25)31-20-30-27/h4-12,19-20H,1-3,13-18H2. The van der Waals surface area contributed by atoms with E-state index in [4.69, 9.17) is 16.3 Å². The van der Waals surface area contributed by atoms with Gasteiger partial charge in [0.15, 0.2) is 5.78 Å². The third kappa shape index (κ3) is 6.03. The van der Waals surface area contributed by atoms with Gasteiger partial charge in [-0.3, -0.25) is 9.69 Å². The first-order valence-corrected chi connectivity index (χ1v) is 13.6. The summed E-state index contributed by atoms with van der Waals surface area (Å²) in [7, 11) is 0. The van der Waals surface area contributed by atoms with Crippen LogP contribution < -0.4 is 9.64 Å². The highest BCUT2D eigenvalue weighted by molar-refractivity contribution is 7.16. The van der Waals surface area contributed by atoms with Crippen molar-refractivity contribution < 1.29 is 9.53 Å². The van der Waals surface area contributed by atoms with Gasteiger partial charge in [0.05, 0.1) is 12.0 Å². The number of nitrogens with zero attached hydrogens (tertiary/aromatic N) is 4. The number of benzene rings is 2. The zero-order valence-electron chi connectivity index (χ0n) is 20.1. The van der Waals surface area contributed by atoms with Gasteiger partial charge in [0.25, 0.3) is 0 Å². The average Bonchev–Trinajstić information content (AvgIpc) is 3.41. The quantitative estimate of drug-likeness (QED) is 0.190. The van der Waals surface area contributed by atoms with Crippen LogP contribution in [-0.2, 0) is 0 Å². The molecule has 2 aromatic heterocycles. The maximum absolute atomic E-state index is 12.6. The number of aromatic nitrogens is 2. The Morgan fingerprint density at radius 3 is 2.36 bits per heavy atom. The van der Waals surface area contributed by atoms with Crippen LogP contribution >= 0.6 is 22.9 Å². The molecule has 3 heterocycles. The average molecular weight is 521 g/mol. The van der Waals surface area contributed by atoms with Crippen LogP contribution in [0, 0.1) is 0 Å². The van der Waals surface area contributed by atoms with Crippen LogP contribution in [0.25, 0.3) is 10.2 Å². The van der Waals surface area contributed by atoms with Gasteiger partial charge in [-0.2, -0.15) is 0 Å². The van der Waals surface area contributed by atoms with Crippen molar-refractivity contribution >= 4 is 44.8 Å². The predicted octanol–water partition coefficient (Wildman–Crippen LogP) is 5.95. The number of ketones is 1. The minimum Gasteiger partial charge on any atom is -0.494 e. The Bertz CT molecular complexity index is 1290. The highest BCUT2D eigenvalue weighted by Crippen LogP contribution is 2.27. The van der Waals surface area contributed by atoms with Crippen LogP contribution in [0.5, 0.6) is 5.75 Å². The largest absolute Gasteiger partial charge is 0.494 e. The monoisotopic (exact) mass is 520 g/mol. The second-order valence-electron chi connectivity index (χ2n) is 8.93. The fraction of sp³-hybridized carbons (Fsp3) is 0.321. The molecule has 8 heteroatoms. The summed E-state index contributed by atoms with van der Waals surface area (Å²) in [5, 5.41) is 3.87. The molecule has 1 aliphatic heterocycles. The number of carbonyl (C=O) groups is 1. The summed E-state index contributed by atoms with van der Waals surface area (Å²) in [6.07, 6.45) is 5.00. The molecule has 0 unspecified atom stereocenters. The molecule has 0 amide bonds. The highest BCUT2D eigenvalue weighted by atomic mass is 35.5. The van der Waals surface area contributed by atoms with E-state index in [1.807, 2.05) is 24.3 Å². The Hall–Kier alpha value is -3.00. The first-order valence-electron chi connectivity index (χ1n) is 12.4. The van der Waals surface area contributed by atoms with Crippen molar-refractivity contribution in [2.75, 3.05) is 44.2 Å². The van der Waals surface area contributed by atoms with E-state index in [1.165, 1.54) is 11.8 Å². The van der Waals surface area contributed by atoms with E-state index >= 15 is 0 Å². The summed E-state index contributed by atoms with van der Waals surface area (Å²) in [6.45, 7) is 5.93. The molecule has 1 saturated heterocycles. The molecular weight excluding hydrogens is 492 g/mol. The van der Waals surface area contributed by atoms with Gasteiger partial charge in [-0.15, -0.1) is 11.3 Å². The molecule has 0 saturated carbocycles. The zero-order valence-corrected chi connectivity index (χ0v) is 21.7. The zero-order chi connectivity index (χ0) is 24.7. The van der Waals surface area contributed by atoms with E-state index < -0.39 is 0 Å². The van der Waals surface area contributed by atoms with Crippen LogP contribution in [0.15, 0.2) is 66.3 Å². The number of ether oxygens (including phenoxy) is 1. The number of rotatable bonds is 10. The fourth-order valence-electron chi connectivity index (χ4n) is 4.49. The van der Waals surface area contributed by atoms with E-state index in [9.17, 15) is 4.79 Å². The molecule has 0 aliphatic carbocycles. The van der Waals surface area contributed by atoms with Gasteiger partial charge in [-0.1, -0.05) is 11.6 Å². The Morgan fingerprint density at radius 1 is 0.889 bits per heavy atom. The van der Waals surface area contributed by atoms with Gasteiger partial charge in [-0.05, 0) is 85.8 Å². The van der Waals surface area contributed by atoms with Crippen molar-refractivity contribution in [3.63, 3.8) is 0 Å².